The number of rotatable bonds is 14. The summed E-state index contributed by atoms with van der Waals surface area (Å²) in [6.45, 7) is 4.88. The predicted molar refractivity (Wildman–Crippen MR) is 397 cm³/mol. The maximum atomic E-state index is 12.3. The Labute approximate surface area is 776 Å². The average Bonchev–Trinajstić information content (AvgIpc) is 1.60. The first-order chi connectivity index (χ1) is 50.6. The normalized spacial score (nSPS) is 14.5. The number of carboxylic acid groups (broad SMARTS) is 2. The van der Waals surface area contributed by atoms with Crippen LogP contribution in [0.2, 0.25) is 0 Å². The molecule has 4 amide bonds. The zero-order chi connectivity index (χ0) is 79.2. The van der Waals surface area contributed by atoms with Crippen LogP contribution >= 0.6 is 65.9 Å². The Hall–Kier alpha value is -5.16. The minimum absolute atomic E-state index is 0. The summed E-state index contributed by atoms with van der Waals surface area (Å²) in [5.41, 5.74) is 16.4. The number of pyridine rings is 5. The fourth-order valence-electron chi connectivity index (χ4n) is 10.1. The van der Waals surface area contributed by atoms with Gasteiger partial charge in [0, 0.05) is 132 Å². The van der Waals surface area contributed by atoms with Gasteiger partial charge < -0.3 is 78.7 Å². The summed E-state index contributed by atoms with van der Waals surface area (Å²) in [5, 5.41) is 55.3. The van der Waals surface area contributed by atoms with Crippen LogP contribution in [0, 0.1) is 0 Å². The third-order valence-corrected chi connectivity index (χ3v) is 15.1. The van der Waals surface area contributed by atoms with Gasteiger partial charge in [-0.25, -0.2) is 47.2 Å². The first-order valence-electron chi connectivity index (χ1n) is 30.2. The number of anilines is 4. The van der Waals surface area contributed by atoms with E-state index in [1.807, 2.05) is 42.6 Å². The number of amides is 4. The number of carbonyl (C=O) groups is 9. The van der Waals surface area contributed by atoms with E-state index in [1.54, 1.807) is 46.5 Å². The molecule has 5 aliphatic rings. The number of benzene rings is 2. The molecule has 12 rings (SSSR count). The van der Waals surface area contributed by atoms with E-state index in [0.717, 1.165) is 71.8 Å². The molecule has 0 aliphatic carbocycles. The van der Waals surface area contributed by atoms with Crippen molar-refractivity contribution in [3.05, 3.63) is 195 Å². The number of aromatic nitrogens is 5. The number of carbonyl (C=O) groups excluding carboxylic acids is 7. The van der Waals surface area contributed by atoms with Gasteiger partial charge in [0.2, 0.25) is 30.3 Å². The smallest absolute Gasteiger partial charge is 1.00 e. The number of aliphatic hydroxyl groups excluding tert-OH is 3. The van der Waals surface area contributed by atoms with E-state index in [-0.39, 0.29) is 228 Å². The second kappa shape index (κ2) is 57.8. The maximum absolute atomic E-state index is 12.3. The van der Waals surface area contributed by atoms with Crippen molar-refractivity contribution in [2.75, 3.05) is 54.9 Å². The van der Waals surface area contributed by atoms with E-state index >= 15 is 0 Å². The van der Waals surface area contributed by atoms with E-state index in [0.29, 0.717) is 48.2 Å². The molecule has 5 aliphatic heterocycles. The van der Waals surface area contributed by atoms with Crippen LogP contribution in [0.1, 0.15) is 103 Å². The van der Waals surface area contributed by atoms with Gasteiger partial charge in [0.05, 0.1) is 105 Å². The van der Waals surface area contributed by atoms with E-state index in [2.05, 4.69) is 116 Å². The molecular weight excluding hydrogens is 1680 g/mol. The van der Waals surface area contributed by atoms with E-state index < -0.39 is 48.0 Å². The molecule has 0 spiro atoms. The van der Waals surface area contributed by atoms with Crippen LogP contribution in [0.5, 0.6) is 0 Å². The van der Waals surface area contributed by atoms with E-state index in [4.69, 9.17) is 82.4 Å². The molecule has 0 saturated carbocycles. The van der Waals surface area contributed by atoms with Crippen LogP contribution in [0.4, 0.5) is 32.3 Å². The van der Waals surface area contributed by atoms with Gasteiger partial charge in [-0.05, 0) is 114 Å². The monoisotopic (exact) mass is 1740 g/mol. The SMILES string of the molecule is CC(=O)NC[C@@H]1OC(=O)N2c3ccc(N)cc3C[C@@H]12.CC(=O)NC[C@@H]1OC(=O)N2c3ccc(N4Cc5cccnc5C4)cc3C[C@@H]12.CO.COC(=O)c1cccnc1C(=O)OC.ClCc1cccnc1CCl.O=C(O)c1cccnc1C(=O)O.O=CO[O-].O=S(Cl)Cl.O=S(Cl)Cl.OCc1cccnc1CO.[B].[H-].[H-].[K+].[K+].[Na+]. The maximum Gasteiger partial charge on any atom is 1.00 e. The molecular formula is C65H72BCl6K2N11NaO22S2. The van der Waals surface area contributed by atoms with Gasteiger partial charge in [-0.2, -0.15) is 0 Å². The number of nitrogens with two attached hydrogens (primary N) is 1. The molecule has 3 radical (unpaired) electrons. The van der Waals surface area contributed by atoms with E-state index in [1.165, 1.54) is 64.2 Å². The number of nitrogen functional groups attached to an aromatic ring is 1. The van der Waals surface area contributed by atoms with Crippen LogP contribution in [-0.4, -0.2) is 180 Å². The van der Waals surface area contributed by atoms with Gasteiger partial charge in [0.15, 0.2) is 11.4 Å². The fraction of sp³-hybridized carbons (Fsp3) is 0.292. The molecule has 0 unspecified atom stereocenters. The molecule has 7 aromatic rings. The Morgan fingerprint density at radius 3 is 1.49 bits per heavy atom. The second-order valence-electron chi connectivity index (χ2n) is 20.9. The number of aromatic carboxylic acids is 2. The largest absolute Gasteiger partial charge is 1.00 e. The number of carboxylic acids is 2. The molecule has 579 valence electrons. The van der Waals surface area contributed by atoms with Gasteiger partial charge in [-0.15, -0.1) is 23.2 Å². The Bertz CT molecular complexity index is 4010. The van der Waals surface area contributed by atoms with Gasteiger partial charge in [-0.1, -0.05) is 18.2 Å². The number of nitrogens with one attached hydrogen (secondary N) is 2. The summed E-state index contributed by atoms with van der Waals surface area (Å²) < 4.78 is 37.9. The van der Waals surface area contributed by atoms with Crippen molar-refractivity contribution in [3.8, 4) is 0 Å². The quantitative estimate of drug-likeness (QED) is 0.00636. The Morgan fingerprint density at radius 2 is 1.07 bits per heavy atom. The van der Waals surface area contributed by atoms with Gasteiger partial charge in [0.1, 0.15) is 12.2 Å². The topological polar surface area (TPSA) is 482 Å². The summed E-state index contributed by atoms with van der Waals surface area (Å²) in [7, 11) is 18.2. The minimum atomic E-state index is -1.67. The Balaban J connectivity index is -0.000000617. The molecule has 45 heteroatoms. The number of esters is 2. The standard InChI is InChI=1S/C20H20N4O3.C13H15N3O3.C9H9NO4.C7H7Cl2N.C7H5NO4.C7H9NO2.CH2O3.CH4O.B.2Cl2OS.2K.Na.2H/c1-12(25)22-9-19-18-8-14-7-15(4-5-17(14)24(18)20(26)27-19)23-10-13-3-2-6-21-16(13)11-23;1-7(17)15-6-12-11-5-8-4-9(14)2-3-10(8)16(11)13(18)19-12;1-13-8(11)6-4-3-5-10-7(6)9(12)14-2;8-4-6-2-1-3-10-7(6)5-9;9-6(10)4-2-1-3-8-5(4)7(11)12;9-4-6-2-1-3-8-7(6)5-10;2-1-4-3;1-2;;2*1-4(2)3;;;;;/h2-7,18-19H,8-11H2,1H3,(H,22,25);2-4,11-12H,5-6,14H2,1H3,(H,15,17);3-5H,1-2H3;1-3H,4-5H2;1-3H,(H,9,10)(H,11,12);1-3,9-10H,4-5H2;1,3H;2H,1H3;;;;;;;;/q;;;;;;;;;;;3*+1;2*-1/p-1/t18-,19-;11-,12-;;;;;;;;;;;;;;/m00............../s1. The number of hydrogen-bond acceptors (Lipinski definition) is 27. The molecule has 9 N–H and O–H groups in total. The number of nitrogens with zero attached hydrogens (tertiary/aromatic N) is 8. The summed E-state index contributed by atoms with van der Waals surface area (Å²) in [6, 6.07) is 28.5. The second-order valence-corrected chi connectivity index (χ2v) is 26.5. The van der Waals surface area contributed by atoms with Crippen LogP contribution in [0.15, 0.2) is 128 Å². The van der Waals surface area contributed by atoms with Crippen LogP contribution in [0.25, 0.3) is 0 Å². The Morgan fingerprint density at radius 1 is 0.627 bits per heavy atom. The molecule has 110 heavy (non-hydrogen) atoms. The first kappa shape index (κ1) is 107. The summed E-state index contributed by atoms with van der Waals surface area (Å²) in [6.07, 6.45) is 7.88. The summed E-state index contributed by atoms with van der Waals surface area (Å²) in [4.78, 5) is 126. The first-order valence-corrected chi connectivity index (χ1v) is 36.9. The molecule has 2 saturated heterocycles. The number of hydrogen-bond donors (Lipinski definition) is 8. The van der Waals surface area contributed by atoms with Crippen molar-refractivity contribution in [1.82, 2.24) is 35.6 Å². The number of ether oxygens (including phenoxy) is 4. The number of halogens is 6. The zero-order valence-electron chi connectivity index (χ0n) is 62.1. The fourth-order valence-corrected chi connectivity index (χ4v) is 10.6. The number of fused-ring (bicyclic) bond motifs is 7. The van der Waals surface area contributed by atoms with Crippen molar-refractivity contribution < 1.29 is 241 Å². The van der Waals surface area contributed by atoms with Crippen molar-refractivity contribution in [2.45, 2.75) is 89.0 Å². The number of aliphatic hydroxyl groups is 3. The van der Waals surface area contributed by atoms with Crippen LogP contribution in [-0.2, 0) is 108 Å². The van der Waals surface area contributed by atoms with Gasteiger partial charge in [0.25, 0.3) is 6.47 Å². The number of methoxy groups -OCH3 is 2. The molecule has 2 aromatic carbocycles. The predicted octanol–water partition coefficient (Wildman–Crippen LogP) is -2.61. The van der Waals surface area contributed by atoms with Gasteiger partial charge in [-0.3, -0.25) is 39.1 Å². The molecule has 5 aromatic heterocycles. The third-order valence-electron chi connectivity index (χ3n) is 14.6. The molecule has 4 atom stereocenters. The number of alkyl halides is 2. The van der Waals surface area contributed by atoms with E-state index in [9.17, 15) is 38.4 Å². The molecule has 33 nitrogen and oxygen atoms in total. The van der Waals surface area contributed by atoms with Crippen molar-refractivity contribution >= 4 is 170 Å². The zero-order valence-corrected chi connectivity index (χ0v) is 74.5. The molecule has 10 heterocycles. The third kappa shape index (κ3) is 34.9. The van der Waals surface area contributed by atoms with Crippen molar-refractivity contribution in [2.24, 2.45) is 0 Å². The van der Waals surface area contributed by atoms with Crippen LogP contribution < -0.4 is 169 Å². The van der Waals surface area contributed by atoms with Crippen LogP contribution in [0.3, 0.4) is 0 Å². The Kier molecular flexibility index (Phi) is 56.2. The minimum Gasteiger partial charge on any atom is -1.00 e. The summed E-state index contributed by atoms with van der Waals surface area (Å²) in [5.74, 6) is -3.24. The molecule has 0 bridgehead atoms. The van der Waals surface area contributed by atoms with Gasteiger partial charge >= 0.3 is 168 Å². The average molecular weight is 1750 g/mol. The van der Waals surface area contributed by atoms with Crippen molar-refractivity contribution in [3.63, 3.8) is 0 Å². The summed E-state index contributed by atoms with van der Waals surface area (Å²) >= 11 is 11.2. The molecule has 2 fully saturated rings. The van der Waals surface area contributed by atoms with Crippen molar-refractivity contribution in [1.29, 1.82) is 0 Å². The number of cyclic esters (lactones) is 2.